The highest BCUT2D eigenvalue weighted by Crippen LogP contribution is 2.12. The molecule has 0 N–H and O–H groups in total. The van der Waals surface area contributed by atoms with Gasteiger partial charge in [0.05, 0.1) is 10.9 Å². The highest BCUT2D eigenvalue weighted by Gasteiger charge is 2.13. The van der Waals surface area contributed by atoms with Crippen LogP contribution in [-0.2, 0) is 11.3 Å². The molecule has 0 aliphatic carbocycles. The van der Waals surface area contributed by atoms with Crippen molar-refractivity contribution in [2.75, 3.05) is 14.1 Å². The van der Waals surface area contributed by atoms with E-state index in [0.717, 1.165) is 0 Å². The van der Waals surface area contributed by atoms with E-state index in [1.54, 1.807) is 62.6 Å². The number of amides is 1. The van der Waals surface area contributed by atoms with E-state index in [1.807, 2.05) is 0 Å². The van der Waals surface area contributed by atoms with Crippen molar-refractivity contribution in [1.82, 2.24) is 9.47 Å². The monoisotopic (exact) mass is 308 g/mol. The van der Waals surface area contributed by atoms with Gasteiger partial charge in [-0.1, -0.05) is 30.3 Å². The maximum absolute atomic E-state index is 12.9. The third kappa shape index (κ3) is 2.50. The number of likely N-dealkylation sites (N-methyl/N-ethyl adjacent to an activating group) is 1. The minimum atomic E-state index is -0.339. The highest BCUT2D eigenvalue weighted by molar-refractivity contribution is 5.91. The molecule has 0 radical (unpaired) electrons. The number of rotatable bonds is 2. The Labute approximate surface area is 132 Å². The van der Waals surface area contributed by atoms with Gasteiger partial charge in [0.15, 0.2) is 5.43 Å². The number of hydrogen-bond donors (Lipinski definition) is 0. The van der Waals surface area contributed by atoms with E-state index < -0.39 is 0 Å². The highest BCUT2D eigenvalue weighted by atomic mass is 16.2. The number of carbonyl (C=O) groups excluding carboxylic acids is 1. The fourth-order valence-corrected chi connectivity index (χ4v) is 2.60. The lowest BCUT2D eigenvalue weighted by atomic mass is 10.1. The van der Waals surface area contributed by atoms with Crippen LogP contribution >= 0.6 is 0 Å². The van der Waals surface area contributed by atoms with Crippen molar-refractivity contribution in [3.63, 3.8) is 0 Å². The minimum Gasteiger partial charge on any atom is -0.347 e. The number of nitrogens with zero attached hydrogens (tertiary/aromatic N) is 2. The van der Waals surface area contributed by atoms with Crippen LogP contribution in [0.4, 0.5) is 0 Å². The van der Waals surface area contributed by atoms with Crippen LogP contribution in [0.3, 0.4) is 0 Å². The molecule has 1 aromatic heterocycles. The number of aromatic nitrogens is 1. The van der Waals surface area contributed by atoms with Gasteiger partial charge >= 0.3 is 0 Å². The molecule has 3 aromatic rings. The Morgan fingerprint density at radius 1 is 0.913 bits per heavy atom. The van der Waals surface area contributed by atoms with Gasteiger partial charge in [0.1, 0.15) is 6.54 Å². The third-order valence-electron chi connectivity index (χ3n) is 3.88. The topological polar surface area (TPSA) is 59.4 Å². The Bertz CT molecular complexity index is 1040. The molecule has 5 heteroatoms. The summed E-state index contributed by atoms with van der Waals surface area (Å²) < 4.78 is 1.38. The van der Waals surface area contributed by atoms with Crippen LogP contribution in [-0.4, -0.2) is 29.5 Å². The molecule has 0 saturated carbocycles. The molecule has 0 fully saturated rings. The summed E-state index contributed by atoms with van der Waals surface area (Å²) in [6.07, 6.45) is 0. The van der Waals surface area contributed by atoms with E-state index in [0.29, 0.717) is 21.7 Å². The van der Waals surface area contributed by atoms with Crippen LogP contribution in [0.25, 0.3) is 21.7 Å². The molecule has 5 nitrogen and oxygen atoms in total. The van der Waals surface area contributed by atoms with Gasteiger partial charge in [-0.05, 0) is 18.2 Å². The van der Waals surface area contributed by atoms with Crippen LogP contribution in [0.15, 0.2) is 58.1 Å². The Balaban J connectivity index is 2.53. The molecule has 1 heterocycles. The Morgan fingerprint density at radius 3 is 2.13 bits per heavy atom. The van der Waals surface area contributed by atoms with Gasteiger partial charge in [0.2, 0.25) is 5.91 Å². The van der Waals surface area contributed by atoms with Crippen molar-refractivity contribution in [3.8, 4) is 0 Å². The molecule has 0 atom stereocenters. The number of fused-ring (bicyclic) bond motifs is 2. The summed E-state index contributed by atoms with van der Waals surface area (Å²) in [6.45, 7) is -0.107. The molecule has 0 aliphatic heterocycles. The summed E-state index contributed by atoms with van der Waals surface area (Å²) >= 11 is 0. The standard InChI is InChI=1S/C18H16N2O3/c1-19(2)16(21)11-20-15-10-6-5-9-14(15)17(22)12-7-3-4-8-13(12)18(20)23/h3-10H,11H2,1-2H3. The van der Waals surface area contributed by atoms with Crippen molar-refractivity contribution in [2.24, 2.45) is 0 Å². The average molecular weight is 308 g/mol. The molecule has 2 aromatic carbocycles. The number of carbonyl (C=O) groups is 1. The van der Waals surface area contributed by atoms with Crippen LogP contribution in [0.5, 0.6) is 0 Å². The minimum absolute atomic E-state index is 0.107. The molecule has 0 saturated heterocycles. The summed E-state index contributed by atoms with van der Waals surface area (Å²) in [7, 11) is 3.27. The zero-order chi connectivity index (χ0) is 16.6. The molecule has 116 valence electrons. The summed E-state index contributed by atoms with van der Waals surface area (Å²) in [6, 6.07) is 13.6. The largest absolute Gasteiger partial charge is 0.347 e. The van der Waals surface area contributed by atoms with E-state index in [4.69, 9.17) is 0 Å². The predicted octanol–water partition coefficient (Wildman–Crippen LogP) is 1.60. The quantitative estimate of drug-likeness (QED) is 0.722. The summed E-state index contributed by atoms with van der Waals surface area (Å²) in [5, 5.41) is 1.11. The van der Waals surface area contributed by atoms with Gasteiger partial charge in [-0.25, -0.2) is 0 Å². The number of benzene rings is 2. The second kappa shape index (κ2) is 5.68. The molecule has 23 heavy (non-hydrogen) atoms. The lowest BCUT2D eigenvalue weighted by Crippen LogP contribution is -2.31. The van der Waals surface area contributed by atoms with Gasteiger partial charge in [-0.2, -0.15) is 0 Å². The molecule has 1 amide bonds. The molecule has 0 aliphatic rings. The van der Waals surface area contributed by atoms with Gasteiger partial charge in [0, 0.05) is 24.9 Å². The molecule has 0 bridgehead atoms. The fourth-order valence-electron chi connectivity index (χ4n) is 2.60. The van der Waals surface area contributed by atoms with Crippen LogP contribution in [0, 0.1) is 0 Å². The second-order valence-electron chi connectivity index (χ2n) is 5.57. The SMILES string of the molecule is CN(C)C(=O)Cn1c(=O)c2ccccc2c(=O)c2ccccc21. The molecular formula is C18H16N2O3. The maximum atomic E-state index is 12.9. The first-order valence-electron chi connectivity index (χ1n) is 7.25. The smallest absolute Gasteiger partial charge is 0.259 e. The molecule has 3 rings (SSSR count). The average Bonchev–Trinajstić information content (AvgIpc) is 2.65. The third-order valence-corrected chi connectivity index (χ3v) is 3.88. The first-order chi connectivity index (χ1) is 11.0. The maximum Gasteiger partial charge on any atom is 0.259 e. The van der Waals surface area contributed by atoms with E-state index >= 15 is 0 Å². The van der Waals surface area contributed by atoms with E-state index in [-0.39, 0.29) is 23.4 Å². The van der Waals surface area contributed by atoms with E-state index in [2.05, 4.69) is 0 Å². The van der Waals surface area contributed by atoms with Gasteiger partial charge in [-0.15, -0.1) is 0 Å². The van der Waals surface area contributed by atoms with E-state index in [1.165, 1.54) is 9.47 Å². The predicted molar refractivity (Wildman–Crippen MR) is 90.7 cm³/mol. The molecule has 0 spiro atoms. The van der Waals surface area contributed by atoms with Gasteiger partial charge in [0.25, 0.3) is 5.56 Å². The van der Waals surface area contributed by atoms with Crippen molar-refractivity contribution in [3.05, 3.63) is 69.1 Å². The van der Waals surface area contributed by atoms with Crippen molar-refractivity contribution >= 4 is 27.6 Å². The lowest BCUT2D eigenvalue weighted by Gasteiger charge is -2.12. The van der Waals surface area contributed by atoms with E-state index in [9.17, 15) is 14.4 Å². The number of para-hydroxylation sites is 1. The van der Waals surface area contributed by atoms with Crippen LogP contribution in [0.2, 0.25) is 0 Å². The number of hydrogen-bond acceptors (Lipinski definition) is 3. The lowest BCUT2D eigenvalue weighted by molar-refractivity contribution is -0.129. The summed E-state index contributed by atoms with van der Waals surface area (Å²) in [4.78, 5) is 39.2. The zero-order valence-corrected chi connectivity index (χ0v) is 12.9. The second-order valence-corrected chi connectivity index (χ2v) is 5.57. The Kier molecular flexibility index (Phi) is 3.70. The summed E-state index contributed by atoms with van der Waals surface area (Å²) in [5.41, 5.74) is -0.0765. The molecular weight excluding hydrogens is 292 g/mol. The van der Waals surface area contributed by atoms with Crippen molar-refractivity contribution in [1.29, 1.82) is 0 Å². The Morgan fingerprint density at radius 2 is 1.48 bits per heavy atom. The van der Waals surface area contributed by atoms with Gasteiger partial charge in [-0.3, -0.25) is 19.0 Å². The Hall–Kier alpha value is -2.95. The van der Waals surface area contributed by atoms with Crippen molar-refractivity contribution in [2.45, 2.75) is 6.54 Å². The van der Waals surface area contributed by atoms with Crippen molar-refractivity contribution < 1.29 is 4.79 Å². The fraction of sp³-hybridized carbons (Fsp3) is 0.167. The summed E-state index contributed by atoms with van der Waals surface area (Å²) in [5.74, 6) is -0.208. The first-order valence-corrected chi connectivity index (χ1v) is 7.25. The van der Waals surface area contributed by atoms with Crippen LogP contribution in [0.1, 0.15) is 0 Å². The normalized spacial score (nSPS) is 10.9. The van der Waals surface area contributed by atoms with Gasteiger partial charge < -0.3 is 4.90 Å². The molecule has 0 unspecified atom stereocenters. The first kappa shape index (κ1) is 15.0. The van der Waals surface area contributed by atoms with Crippen LogP contribution < -0.4 is 11.0 Å². The zero-order valence-electron chi connectivity index (χ0n) is 12.9.